The molecule has 0 aliphatic carbocycles. The van der Waals surface area contributed by atoms with E-state index in [4.69, 9.17) is 0 Å². The summed E-state index contributed by atoms with van der Waals surface area (Å²) in [7, 11) is 0. The molecule has 1 aromatic rings. The van der Waals surface area contributed by atoms with E-state index in [2.05, 4.69) is 16.8 Å². The molecule has 3 nitrogen and oxygen atoms in total. The van der Waals surface area contributed by atoms with Gasteiger partial charge in [-0.05, 0) is 12.5 Å². The van der Waals surface area contributed by atoms with Crippen LogP contribution in [-0.2, 0) is 0 Å². The number of nitrogens with zero attached hydrogens (tertiary/aromatic N) is 1. The number of rotatable bonds is 3. The summed E-state index contributed by atoms with van der Waals surface area (Å²) in [5, 5.41) is 13.5. The number of aryl methyl sites for hydroxylation is 1. The first kappa shape index (κ1) is 12.1. The van der Waals surface area contributed by atoms with Crippen molar-refractivity contribution in [1.82, 2.24) is 10.2 Å². The van der Waals surface area contributed by atoms with Gasteiger partial charge in [-0.1, -0.05) is 24.3 Å². The van der Waals surface area contributed by atoms with Crippen molar-refractivity contribution in [1.29, 1.82) is 0 Å². The monoisotopic (exact) mass is 232 g/mol. The second-order valence-corrected chi connectivity index (χ2v) is 4.48. The van der Waals surface area contributed by atoms with Crippen molar-refractivity contribution in [3.05, 3.63) is 42.0 Å². The number of phenolic OH excluding ortho intramolecular Hbond substituents is 1. The van der Waals surface area contributed by atoms with E-state index < -0.39 is 0 Å². The van der Waals surface area contributed by atoms with Crippen LogP contribution in [0.5, 0.6) is 5.75 Å². The van der Waals surface area contributed by atoms with Gasteiger partial charge < -0.3 is 10.4 Å². The maximum Gasteiger partial charge on any atom is 0.123 e. The van der Waals surface area contributed by atoms with E-state index in [-0.39, 0.29) is 6.04 Å². The van der Waals surface area contributed by atoms with Crippen LogP contribution in [0.25, 0.3) is 0 Å². The Morgan fingerprint density at radius 1 is 1.41 bits per heavy atom. The molecule has 2 rings (SSSR count). The number of para-hydroxylation sites is 1. The van der Waals surface area contributed by atoms with Crippen LogP contribution in [0, 0.1) is 6.92 Å². The molecule has 1 atom stereocenters. The van der Waals surface area contributed by atoms with Crippen molar-refractivity contribution in [3.63, 3.8) is 0 Å². The van der Waals surface area contributed by atoms with Crippen molar-refractivity contribution in [2.45, 2.75) is 13.0 Å². The summed E-state index contributed by atoms with van der Waals surface area (Å²) in [5.74, 6) is 0.399. The summed E-state index contributed by atoms with van der Waals surface area (Å²) < 4.78 is 0. The van der Waals surface area contributed by atoms with Crippen LogP contribution in [0.1, 0.15) is 17.2 Å². The third kappa shape index (κ3) is 2.51. The van der Waals surface area contributed by atoms with Gasteiger partial charge in [0.05, 0.1) is 6.04 Å². The summed E-state index contributed by atoms with van der Waals surface area (Å²) in [6.07, 6.45) is 1.92. The third-order valence-electron chi connectivity index (χ3n) is 3.36. The van der Waals surface area contributed by atoms with Crippen LogP contribution in [0.15, 0.2) is 30.9 Å². The third-order valence-corrected chi connectivity index (χ3v) is 3.36. The lowest BCUT2D eigenvalue weighted by Gasteiger charge is -2.33. The Kier molecular flexibility index (Phi) is 3.82. The van der Waals surface area contributed by atoms with Crippen LogP contribution in [0.2, 0.25) is 0 Å². The number of phenols is 1. The molecule has 0 saturated carbocycles. The van der Waals surface area contributed by atoms with E-state index in [0.29, 0.717) is 5.75 Å². The standard InChI is InChI=1S/C14H20N2O/c1-3-13(16-9-7-15-8-10-16)12-6-4-5-11(2)14(12)17/h3-6,13,15,17H,1,7-10H2,2H3/t13-/m1/s1. The lowest BCUT2D eigenvalue weighted by molar-refractivity contribution is 0.201. The molecule has 1 saturated heterocycles. The highest BCUT2D eigenvalue weighted by Gasteiger charge is 2.22. The normalized spacial score (nSPS) is 18.9. The molecule has 1 aliphatic heterocycles. The molecule has 0 radical (unpaired) electrons. The number of aromatic hydroxyl groups is 1. The Hall–Kier alpha value is -1.32. The van der Waals surface area contributed by atoms with Crippen molar-refractivity contribution in [2.24, 2.45) is 0 Å². The first-order valence-electron chi connectivity index (χ1n) is 6.10. The Morgan fingerprint density at radius 2 is 2.12 bits per heavy atom. The fourth-order valence-electron chi connectivity index (χ4n) is 2.35. The lowest BCUT2D eigenvalue weighted by atomic mass is 10.0. The number of hydrogen-bond donors (Lipinski definition) is 2. The average Bonchev–Trinajstić information content (AvgIpc) is 2.37. The number of nitrogens with one attached hydrogen (secondary N) is 1. The fourth-order valence-corrected chi connectivity index (χ4v) is 2.35. The Balaban J connectivity index is 2.27. The Labute approximate surface area is 103 Å². The van der Waals surface area contributed by atoms with Gasteiger partial charge in [-0.3, -0.25) is 4.90 Å². The van der Waals surface area contributed by atoms with Gasteiger partial charge in [0, 0.05) is 31.7 Å². The molecule has 17 heavy (non-hydrogen) atoms. The lowest BCUT2D eigenvalue weighted by Crippen LogP contribution is -2.44. The van der Waals surface area contributed by atoms with Gasteiger partial charge in [-0.25, -0.2) is 0 Å². The second kappa shape index (κ2) is 5.34. The highest BCUT2D eigenvalue weighted by molar-refractivity contribution is 5.42. The molecule has 0 unspecified atom stereocenters. The molecule has 1 aliphatic rings. The van der Waals surface area contributed by atoms with Crippen molar-refractivity contribution in [2.75, 3.05) is 26.2 Å². The summed E-state index contributed by atoms with van der Waals surface area (Å²) in [5.41, 5.74) is 1.88. The number of benzene rings is 1. The van der Waals surface area contributed by atoms with Gasteiger partial charge >= 0.3 is 0 Å². The van der Waals surface area contributed by atoms with Crippen molar-refractivity contribution < 1.29 is 5.11 Å². The minimum atomic E-state index is 0.108. The SMILES string of the molecule is C=C[C@H](c1cccc(C)c1O)N1CCNCC1. The van der Waals surface area contributed by atoms with E-state index in [9.17, 15) is 5.11 Å². The van der Waals surface area contributed by atoms with E-state index in [1.54, 1.807) is 0 Å². The quantitative estimate of drug-likeness (QED) is 0.781. The molecule has 0 aromatic heterocycles. The second-order valence-electron chi connectivity index (χ2n) is 4.48. The molecule has 2 N–H and O–H groups in total. The van der Waals surface area contributed by atoms with Gasteiger partial charge in [0.15, 0.2) is 0 Å². The van der Waals surface area contributed by atoms with E-state index in [1.165, 1.54) is 0 Å². The van der Waals surface area contributed by atoms with Crippen LogP contribution in [0.4, 0.5) is 0 Å². The van der Waals surface area contributed by atoms with Crippen LogP contribution < -0.4 is 5.32 Å². The predicted molar refractivity (Wildman–Crippen MR) is 70.2 cm³/mol. The zero-order valence-electron chi connectivity index (χ0n) is 10.3. The molecule has 0 amide bonds. The van der Waals surface area contributed by atoms with Gasteiger partial charge in [-0.15, -0.1) is 6.58 Å². The van der Waals surface area contributed by atoms with Crippen LogP contribution in [-0.4, -0.2) is 36.2 Å². The predicted octanol–water partition coefficient (Wildman–Crippen LogP) is 1.83. The molecule has 1 fully saturated rings. The van der Waals surface area contributed by atoms with Gasteiger partial charge in [0.1, 0.15) is 5.75 Å². The minimum absolute atomic E-state index is 0.108. The number of hydrogen-bond acceptors (Lipinski definition) is 3. The highest BCUT2D eigenvalue weighted by Crippen LogP contribution is 2.31. The van der Waals surface area contributed by atoms with Crippen LogP contribution >= 0.6 is 0 Å². The van der Waals surface area contributed by atoms with E-state index in [0.717, 1.165) is 37.3 Å². The largest absolute Gasteiger partial charge is 0.507 e. The zero-order valence-corrected chi connectivity index (χ0v) is 10.3. The smallest absolute Gasteiger partial charge is 0.123 e. The number of piperazine rings is 1. The molecule has 0 bridgehead atoms. The van der Waals surface area contributed by atoms with E-state index >= 15 is 0 Å². The first-order chi connectivity index (χ1) is 8.24. The average molecular weight is 232 g/mol. The topological polar surface area (TPSA) is 35.5 Å². The van der Waals surface area contributed by atoms with Crippen molar-refractivity contribution in [3.8, 4) is 5.75 Å². The van der Waals surface area contributed by atoms with Gasteiger partial charge in [0.25, 0.3) is 0 Å². The summed E-state index contributed by atoms with van der Waals surface area (Å²) >= 11 is 0. The van der Waals surface area contributed by atoms with Gasteiger partial charge in [-0.2, -0.15) is 0 Å². The molecular formula is C14H20N2O. The van der Waals surface area contributed by atoms with Gasteiger partial charge in [0.2, 0.25) is 0 Å². The molecule has 3 heteroatoms. The minimum Gasteiger partial charge on any atom is -0.507 e. The Morgan fingerprint density at radius 3 is 2.76 bits per heavy atom. The van der Waals surface area contributed by atoms with Crippen LogP contribution in [0.3, 0.4) is 0 Å². The van der Waals surface area contributed by atoms with Crippen molar-refractivity contribution >= 4 is 0 Å². The first-order valence-corrected chi connectivity index (χ1v) is 6.10. The molecule has 92 valence electrons. The molecule has 0 spiro atoms. The maximum atomic E-state index is 10.1. The zero-order chi connectivity index (χ0) is 12.3. The summed E-state index contributed by atoms with van der Waals surface area (Å²) in [6.45, 7) is 9.81. The van der Waals surface area contributed by atoms with E-state index in [1.807, 2.05) is 31.2 Å². The summed E-state index contributed by atoms with van der Waals surface area (Å²) in [6, 6.07) is 6.01. The fraction of sp³-hybridized carbons (Fsp3) is 0.429. The summed E-state index contributed by atoms with van der Waals surface area (Å²) in [4.78, 5) is 2.35. The molecule has 1 heterocycles. The highest BCUT2D eigenvalue weighted by atomic mass is 16.3. The Bertz CT molecular complexity index is 397. The molecule has 1 aromatic carbocycles. The maximum absolute atomic E-state index is 10.1. The molecular weight excluding hydrogens is 212 g/mol.